The molecule has 0 aromatic heterocycles. The van der Waals surface area contributed by atoms with Gasteiger partial charge in [-0.1, -0.05) is 67.9 Å². The molecule has 5 atom stereocenters. The molecule has 1 aliphatic heterocycles. The predicted molar refractivity (Wildman–Crippen MR) is 180 cm³/mol. The Morgan fingerprint density at radius 3 is 1.71 bits per heavy atom. The van der Waals surface area contributed by atoms with Gasteiger partial charge in [-0.3, -0.25) is 4.79 Å². The molecule has 0 bridgehead atoms. The van der Waals surface area contributed by atoms with Crippen LogP contribution in [0.15, 0.2) is 91.0 Å². The number of rotatable bonds is 18. The van der Waals surface area contributed by atoms with Crippen molar-refractivity contribution in [3.05, 3.63) is 108 Å². The summed E-state index contributed by atoms with van der Waals surface area (Å²) in [6, 6.07) is 23.9. The Morgan fingerprint density at radius 2 is 1.16 bits per heavy atom. The Hall–Kier alpha value is -4.58. The van der Waals surface area contributed by atoms with Gasteiger partial charge < -0.3 is 33.7 Å². The average molecular weight is 676 g/mol. The van der Waals surface area contributed by atoms with Crippen molar-refractivity contribution in [2.45, 2.75) is 76.6 Å². The average Bonchev–Trinajstić information content (AvgIpc) is 3.13. The Balaban J connectivity index is 1.60. The number of hydrogen-bond acceptors (Lipinski definition) is 10. The standard InChI is InChI=1S/C38H45NO10/c1-3-4-23-44-24-15-8-16-25-45-38-32(39-27(2)40)34(49-37(43)30-21-13-7-14-22-30)33(48-36(42)29-19-11-6-12-20-29)31(47-38)26-46-35(41)28-17-9-5-10-18-28/h5-7,9-14,17-22,31-34,38H,3-4,8,15-16,23-26H2,1-2H3,(H,39,40)/t31?,32?,33-,34?,38+/m0/s1. The van der Waals surface area contributed by atoms with Crippen LogP contribution < -0.4 is 5.32 Å². The van der Waals surface area contributed by atoms with E-state index >= 15 is 0 Å². The number of unbranched alkanes of at least 4 members (excludes halogenated alkanes) is 3. The second kappa shape index (κ2) is 20.1. The van der Waals surface area contributed by atoms with Crippen molar-refractivity contribution >= 4 is 23.8 Å². The van der Waals surface area contributed by atoms with Crippen molar-refractivity contribution in [3.63, 3.8) is 0 Å². The molecular weight excluding hydrogens is 630 g/mol. The lowest BCUT2D eigenvalue weighted by Gasteiger charge is -2.45. The minimum Gasteiger partial charge on any atom is -0.459 e. The molecule has 1 N–H and O–H groups in total. The molecular formula is C38H45NO10. The van der Waals surface area contributed by atoms with Crippen molar-refractivity contribution in [1.82, 2.24) is 5.32 Å². The highest BCUT2D eigenvalue weighted by Gasteiger charge is 2.52. The summed E-state index contributed by atoms with van der Waals surface area (Å²) in [5, 5.41) is 2.79. The summed E-state index contributed by atoms with van der Waals surface area (Å²) in [7, 11) is 0. The largest absolute Gasteiger partial charge is 0.459 e. The molecule has 1 amide bonds. The summed E-state index contributed by atoms with van der Waals surface area (Å²) in [6.45, 7) is 4.68. The zero-order valence-electron chi connectivity index (χ0n) is 28.0. The number of ether oxygens (including phenoxy) is 6. The SMILES string of the molecule is CCCCOCCCCCO[C@@H]1OC(COC(=O)c2ccccc2)[C@H](OC(=O)c2ccccc2)C(OC(=O)c2ccccc2)C1NC(C)=O. The number of carbonyl (C=O) groups excluding carboxylic acids is 4. The van der Waals surface area contributed by atoms with Crippen LogP contribution in [-0.4, -0.2) is 80.9 Å². The summed E-state index contributed by atoms with van der Waals surface area (Å²) in [6.07, 6.45) is -0.473. The molecule has 1 aliphatic rings. The van der Waals surface area contributed by atoms with Crippen LogP contribution in [0, 0.1) is 0 Å². The first-order valence-electron chi connectivity index (χ1n) is 16.7. The predicted octanol–water partition coefficient (Wildman–Crippen LogP) is 5.53. The Labute approximate surface area is 287 Å². The van der Waals surface area contributed by atoms with Gasteiger partial charge in [0.05, 0.1) is 16.7 Å². The van der Waals surface area contributed by atoms with Crippen LogP contribution in [0.1, 0.15) is 77.0 Å². The maximum absolute atomic E-state index is 13.5. The van der Waals surface area contributed by atoms with Crippen molar-refractivity contribution < 1.29 is 47.6 Å². The van der Waals surface area contributed by atoms with Gasteiger partial charge in [-0.25, -0.2) is 14.4 Å². The van der Waals surface area contributed by atoms with E-state index in [1.165, 1.54) is 6.92 Å². The highest BCUT2D eigenvalue weighted by Crippen LogP contribution is 2.29. The molecule has 0 spiro atoms. The third-order valence-electron chi connectivity index (χ3n) is 7.77. The van der Waals surface area contributed by atoms with E-state index in [1.807, 2.05) is 0 Å². The van der Waals surface area contributed by atoms with Crippen molar-refractivity contribution in [2.75, 3.05) is 26.4 Å². The fourth-order valence-electron chi connectivity index (χ4n) is 5.23. The van der Waals surface area contributed by atoms with E-state index in [0.29, 0.717) is 18.6 Å². The van der Waals surface area contributed by atoms with Crippen molar-refractivity contribution in [1.29, 1.82) is 0 Å². The number of nitrogens with one attached hydrogen (secondary N) is 1. The maximum atomic E-state index is 13.5. The van der Waals surface area contributed by atoms with Gasteiger partial charge in [0.15, 0.2) is 18.5 Å². The van der Waals surface area contributed by atoms with E-state index in [1.54, 1.807) is 91.0 Å². The van der Waals surface area contributed by atoms with Gasteiger partial charge in [0.2, 0.25) is 5.91 Å². The molecule has 0 saturated carbocycles. The molecule has 1 saturated heterocycles. The number of hydrogen-bond donors (Lipinski definition) is 1. The quantitative estimate of drug-likeness (QED) is 0.104. The summed E-state index contributed by atoms with van der Waals surface area (Å²) < 4.78 is 35.8. The minimum atomic E-state index is -1.32. The van der Waals surface area contributed by atoms with E-state index < -0.39 is 54.5 Å². The first-order valence-corrected chi connectivity index (χ1v) is 16.7. The van der Waals surface area contributed by atoms with Gasteiger partial charge in [-0.2, -0.15) is 0 Å². The molecule has 11 nitrogen and oxygen atoms in total. The van der Waals surface area contributed by atoms with Crippen LogP contribution in [0.5, 0.6) is 0 Å². The normalized spacial score (nSPS) is 20.2. The molecule has 3 aromatic carbocycles. The highest BCUT2D eigenvalue weighted by atomic mass is 16.7. The number of benzene rings is 3. The minimum absolute atomic E-state index is 0.240. The van der Waals surface area contributed by atoms with Crippen LogP contribution in [0.2, 0.25) is 0 Å². The third kappa shape index (κ3) is 11.8. The van der Waals surface area contributed by atoms with Gasteiger partial charge in [-0.15, -0.1) is 0 Å². The van der Waals surface area contributed by atoms with Crippen LogP contribution in [0.3, 0.4) is 0 Å². The van der Waals surface area contributed by atoms with E-state index in [9.17, 15) is 19.2 Å². The van der Waals surface area contributed by atoms with E-state index in [0.717, 1.165) is 32.3 Å². The highest BCUT2D eigenvalue weighted by molar-refractivity contribution is 5.91. The summed E-state index contributed by atoms with van der Waals surface area (Å²) in [5.41, 5.74) is 0.795. The molecule has 11 heteroatoms. The van der Waals surface area contributed by atoms with Crippen LogP contribution >= 0.6 is 0 Å². The first kappa shape index (κ1) is 37.2. The summed E-state index contributed by atoms with van der Waals surface area (Å²) >= 11 is 0. The molecule has 4 rings (SSSR count). The fraction of sp³-hybridized carbons (Fsp3) is 0.421. The fourth-order valence-corrected chi connectivity index (χ4v) is 5.23. The van der Waals surface area contributed by atoms with Crippen molar-refractivity contribution in [3.8, 4) is 0 Å². The molecule has 262 valence electrons. The Kier molecular flexibility index (Phi) is 15.2. The molecule has 49 heavy (non-hydrogen) atoms. The summed E-state index contributed by atoms with van der Waals surface area (Å²) in [5.74, 6) is -2.52. The van der Waals surface area contributed by atoms with Crippen molar-refractivity contribution in [2.24, 2.45) is 0 Å². The molecule has 0 radical (unpaired) electrons. The van der Waals surface area contributed by atoms with Gasteiger partial charge in [0.25, 0.3) is 0 Å². The second-order valence-corrected chi connectivity index (χ2v) is 11.6. The van der Waals surface area contributed by atoms with Gasteiger partial charge >= 0.3 is 17.9 Å². The third-order valence-corrected chi connectivity index (χ3v) is 7.77. The molecule has 3 unspecified atom stereocenters. The number of esters is 3. The second-order valence-electron chi connectivity index (χ2n) is 11.6. The molecule has 1 heterocycles. The van der Waals surface area contributed by atoms with Gasteiger partial charge in [-0.05, 0) is 62.1 Å². The van der Waals surface area contributed by atoms with Gasteiger partial charge in [0.1, 0.15) is 18.8 Å². The lowest BCUT2D eigenvalue weighted by Crippen LogP contribution is -2.66. The van der Waals surface area contributed by atoms with Crippen LogP contribution in [-0.2, 0) is 33.2 Å². The first-order chi connectivity index (χ1) is 23.9. The van der Waals surface area contributed by atoms with E-state index in [-0.39, 0.29) is 24.3 Å². The van der Waals surface area contributed by atoms with Gasteiger partial charge in [0, 0.05) is 26.7 Å². The maximum Gasteiger partial charge on any atom is 0.338 e. The molecule has 3 aromatic rings. The zero-order valence-corrected chi connectivity index (χ0v) is 28.0. The topological polar surface area (TPSA) is 136 Å². The van der Waals surface area contributed by atoms with Crippen LogP contribution in [0.25, 0.3) is 0 Å². The van der Waals surface area contributed by atoms with Crippen LogP contribution in [0.4, 0.5) is 0 Å². The number of amides is 1. The molecule has 0 aliphatic carbocycles. The van der Waals surface area contributed by atoms with E-state index in [4.69, 9.17) is 28.4 Å². The molecule has 1 fully saturated rings. The monoisotopic (exact) mass is 675 g/mol. The Bertz CT molecular complexity index is 1450. The van der Waals surface area contributed by atoms with E-state index in [2.05, 4.69) is 12.2 Å². The number of carbonyl (C=O) groups is 4. The smallest absolute Gasteiger partial charge is 0.338 e. The Morgan fingerprint density at radius 1 is 0.653 bits per heavy atom. The lowest BCUT2D eigenvalue weighted by molar-refractivity contribution is -0.269. The lowest BCUT2D eigenvalue weighted by atomic mass is 9.95. The summed E-state index contributed by atoms with van der Waals surface area (Å²) in [4.78, 5) is 52.4. The zero-order chi connectivity index (χ0) is 34.8.